The predicted molar refractivity (Wildman–Crippen MR) is 74.2 cm³/mol. The van der Waals surface area contributed by atoms with E-state index in [2.05, 4.69) is 24.2 Å². The van der Waals surface area contributed by atoms with Crippen molar-refractivity contribution in [2.45, 2.75) is 40.2 Å². The van der Waals surface area contributed by atoms with Gasteiger partial charge in [0.2, 0.25) is 0 Å². The molecule has 5 heteroatoms. The van der Waals surface area contributed by atoms with Crippen LogP contribution in [-0.4, -0.2) is 24.6 Å². The van der Waals surface area contributed by atoms with Gasteiger partial charge >= 0.3 is 0 Å². The van der Waals surface area contributed by atoms with E-state index < -0.39 is 0 Å². The molecule has 1 unspecified atom stereocenters. The molecule has 0 fully saturated rings. The number of rotatable bonds is 5. The van der Waals surface area contributed by atoms with E-state index in [0.29, 0.717) is 12.5 Å². The first-order chi connectivity index (χ1) is 9.04. The molecule has 0 spiro atoms. The normalized spacial score (nSPS) is 13.4. The van der Waals surface area contributed by atoms with Gasteiger partial charge in [-0.25, -0.2) is 4.99 Å². The quantitative estimate of drug-likeness (QED) is 0.658. The molecule has 0 saturated carbocycles. The predicted octanol–water partition coefficient (Wildman–Crippen LogP) is 2.84. The number of nitrogens with one attached hydrogen (secondary N) is 1. The lowest BCUT2D eigenvalue weighted by Crippen LogP contribution is -2.34. The highest BCUT2D eigenvalue weighted by molar-refractivity contribution is 6.02. The molecule has 1 rings (SSSR count). The molecule has 1 amide bonds. The number of furan rings is 1. The van der Waals surface area contributed by atoms with Crippen molar-refractivity contribution < 1.29 is 13.9 Å². The zero-order valence-electron chi connectivity index (χ0n) is 12.0. The van der Waals surface area contributed by atoms with E-state index >= 15 is 0 Å². The Kier molecular flexibility index (Phi) is 6.12. The molecule has 0 saturated heterocycles. The first-order valence-corrected chi connectivity index (χ1v) is 6.60. The average molecular weight is 266 g/mol. The highest BCUT2D eigenvalue weighted by atomic mass is 16.5. The molecule has 1 aromatic rings. The Morgan fingerprint density at radius 1 is 1.47 bits per heavy atom. The van der Waals surface area contributed by atoms with Crippen LogP contribution in [0.1, 0.15) is 44.7 Å². The van der Waals surface area contributed by atoms with Crippen molar-refractivity contribution in [1.82, 2.24) is 5.32 Å². The van der Waals surface area contributed by atoms with Crippen LogP contribution >= 0.6 is 0 Å². The summed E-state index contributed by atoms with van der Waals surface area (Å²) in [6.07, 6.45) is 2.31. The lowest BCUT2D eigenvalue weighted by atomic mass is 10.1. The van der Waals surface area contributed by atoms with Gasteiger partial charge in [0.15, 0.2) is 5.76 Å². The Morgan fingerprint density at radius 2 is 2.21 bits per heavy atom. The Labute approximate surface area is 114 Å². The lowest BCUT2D eigenvalue weighted by molar-refractivity contribution is 0.0937. The summed E-state index contributed by atoms with van der Waals surface area (Å²) in [5, 5.41) is 2.64. The molecule has 5 nitrogen and oxygen atoms in total. The Balaban J connectivity index is 2.71. The zero-order chi connectivity index (χ0) is 14.3. The molecule has 0 aliphatic heterocycles. The molecule has 19 heavy (non-hydrogen) atoms. The second-order valence-electron chi connectivity index (χ2n) is 4.70. The highest BCUT2D eigenvalue weighted by Crippen LogP contribution is 2.06. The second-order valence-corrected chi connectivity index (χ2v) is 4.70. The van der Waals surface area contributed by atoms with Crippen LogP contribution in [0, 0.1) is 5.92 Å². The van der Waals surface area contributed by atoms with Crippen molar-refractivity contribution in [3.63, 3.8) is 0 Å². The summed E-state index contributed by atoms with van der Waals surface area (Å²) >= 11 is 0. The largest absolute Gasteiger partial charge is 0.465 e. The first-order valence-electron chi connectivity index (χ1n) is 6.60. The molecule has 1 aromatic heterocycles. The summed E-state index contributed by atoms with van der Waals surface area (Å²) in [6, 6.07) is 3.58. The van der Waals surface area contributed by atoms with Crippen LogP contribution in [0.2, 0.25) is 0 Å². The van der Waals surface area contributed by atoms with Crippen molar-refractivity contribution in [3.8, 4) is 0 Å². The number of carbonyl (C=O) groups is 1. The topological polar surface area (TPSA) is 63.8 Å². The lowest BCUT2D eigenvalue weighted by Gasteiger charge is -2.14. The van der Waals surface area contributed by atoms with E-state index in [9.17, 15) is 4.79 Å². The highest BCUT2D eigenvalue weighted by Gasteiger charge is 2.14. The number of nitrogens with zero attached hydrogens (tertiary/aromatic N) is 1. The third-order valence-corrected chi connectivity index (χ3v) is 2.69. The summed E-state index contributed by atoms with van der Waals surface area (Å²) in [4.78, 5) is 16.2. The maximum absolute atomic E-state index is 11.9. The average Bonchev–Trinajstić information content (AvgIpc) is 2.89. The molecule has 1 N–H and O–H groups in total. The third-order valence-electron chi connectivity index (χ3n) is 2.69. The fourth-order valence-corrected chi connectivity index (χ4v) is 1.20. The van der Waals surface area contributed by atoms with E-state index in [-0.39, 0.29) is 23.7 Å². The van der Waals surface area contributed by atoms with Crippen molar-refractivity contribution in [3.05, 3.63) is 24.2 Å². The number of amides is 1. The van der Waals surface area contributed by atoms with Gasteiger partial charge in [0.1, 0.15) is 0 Å². The van der Waals surface area contributed by atoms with Gasteiger partial charge in [0, 0.05) is 0 Å². The van der Waals surface area contributed by atoms with Gasteiger partial charge in [-0.15, -0.1) is 0 Å². The molecule has 0 bridgehead atoms. The van der Waals surface area contributed by atoms with Gasteiger partial charge in [0.25, 0.3) is 11.9 Å². The maximum Gasteiger partial charge on any atom is 0.294 e. The number of carbonyl (C=O) groups excluding carboxylic acids is 1. The van der Waals surface area contributed by atoms with Crippen LogP contribution in [0.3, 0.4) is 0 Å². The molecule has 106 valence electrons. The summed E-state index contributed by atoms with van der Waals surface area (Å²) in [5.41, 5.74) is 0. The van der Waals surface area contributed by atoms with Gasteiger partial charge in [-0.2, -0.15) is 0 Å². The number of hydrogen-bond donors (Lipinski definition) is 1. The van der Waals surface area contributed by atoms with E-state index in [1.807, 2.05) is 13.8 Å². The van der Waals surface area contributed by atoms with Crippen molar-refractivity contribution >= 4 is 11.9 Å². The molecule has 0 aliphatic carbocycles. The van der Waals surface area contributed by atoms with Crippen LogP contribution in [0.25, 0.3) is 0 Å². The Morgan fingerprint density at radius 3 is 2.74 bits per heavy atom. The van der Waals surface area contributed by atoms with Crippen LogP contribution in [0.4, 0.5) is 0 Å². The monoisotopic (exact) mass is 266 g/mol. The van der Waals surface area contributed by atoms with Crippen LogP contribution in [0.15, 0.2) is 27.8 Å². The molecule has 0 aromatic carbocycles. The molecular weight excluding hydrogens is 244 g/mol. The maximum atomic E-state index is 11.9. The molecular formula is C14H22N2O3. The van der Waals surface area contributed by atoms with Crippen molar-refractivity contribution in [1.29, 1.82) is 0 Å². The number of amidine groups is 1. The van der Waals surface area contributed by atoms with Gasteiger partial charge in [-0.3, -0.25) is 10.1 Å². The van der Waals surface area contributed by atoms with E-state index in [0.717, 1.165) is 6.42 Å². The van der Waals surface area contributed by atoms with E-state index in [1.54, 1.807) is 12.1 Å². The minimum absolute atomic E-state index is 0.0729. The smallest absolute Gasteiger partial charge is 0.294 e. The van der Waals surface area contributed by atoms with Gasteiger partial charge in [-0.05, 0) is 31.4 Å². The van der Waals surface area contributed by atoms with Crippen molar-refractivity contribution in [2.75, 3.05) is 6.61 Å². The van der Waals surface area contributed by atoms with Crippen molar-refractivity contribution in [2.24, 2.45) is 10.9 Å². The summed E-state index contributed by atoms with van der Waals surface area (Å²) < 4.78 is 10.5. The SMILES string of the molecule is CCCOC(=NC(C)C(C)C)NC(=O)c1ccco1. The number of aliphatic imine (C=N–C) groups is 1. The number of hydrogen-bond acceptors (Lipinski definition) is 4. The van der Waals surface area contributed by atoms with Crippen LogP contribution < -0.4 is 5.32 Å². The summed E-state index contributed by atoms with van der Waals surface area (Å²) in [5.74, 6) is 0.265. The fraction of sp³-hybridized carbons (Fsp3) is 0.571. The minimum Gasteiger partial charge on any atom is -0.465 e. The molecule has 0 radical (unpaired) electrons. The van der Waals surface area contributed by atoms with Crippen LogP contribution in [-0.2, 0) is 4.74 Å². The Bertz CT molecular complexity index is 410. The van der Waals surface area contributed by atoms with E-state index in [4.69, 9.17) is 9.15 Å². The molecule has 0 aliphatic rings. The molecule has 1 atom stereocenters. The van der Waals surface area contributed by atoms with Gasteiger partial charge in [-0.1, -0.05) is 20.8 Å². The minimum atomic E-state index is -0.351. The van der Waals surface area contributed by atoms with Gasteiger partial charge in [0.05, 0.1) is 18.9 Å². The second kappa shape index (κ2) is 7.61. The standard InChI is InChI=1S/C14H22N2O3/c1-5-8-19-14(15-11(4)10(2)3)16-13(17)12-7-6-9-18-12/h6-7,9-11H,5,8H2,1-4H3,(H,15,16,17). The Hall–Kier alpha value is -1.78. The summed E-state index contributed by atoms with van der Waals surface area (Å²) in [6.45, 7) is 8.64. The fourth-order valence-electron chi connectivity index (χ4n) is 1.20. The summed E-state index contributed by atoms with van der Waals surface area (Å²) in [7, 11) is 0. The third kappa shape index (κ3) is 5.16. The van der Waals surface area contributed by atoms with Gasteiger partial charge < -0.3 is 9.15 Å². The van der Waals surface area contributed by atoms with Crippen LogP contribution in [0.5, 0.6) is 0 Å². The zero-order valence-corrected chi connectivity index (χ0v) is 12.0. The number of ether oxygens (including phenoxy) is 1. The first kappa shape index (κ1) is 15.3. The molecule has 1 heterocycles. The van der Waals surface area contributed by atoms with E-state index in [1.165, 1.54) is 6.26 Å².